The lowest BCUT2D eigenvalue weighted by atomic mass is 10.1. The van der Waals surface area contributed by atoms with Gasteiger partial charge in [0.25, 0.3) is 6.43 Å². The smallest absolute Gasteiger partial charge is 0.265 e. The summed E-state index contributed by atoms with van der Waals surface area (Å²) in [6.45, 7) is 2.16. The molecule has 0 aliphatic heterocycles. The molecule has 4 heteroatoms. The normalized spacial score (nSPS) is 10.9. The third kappa shape index (κ3) is 4.18. The standard InChI is InChI=1S/C17H20F2N2/c1-2-3-4-12-5-8-14(9-6-12)21-16-10-7-13(20)11-15(16)17(18)19/h5-11,17,21H,2-4,20H2,1H3. The van der Waals surface area contributed by atoms with Gasteiger partial charge in [-0.05, 0) is 48.7 Å². The average molecular weight is 290 g/mol. The van der Waals surface area contributed by atoms with E-state index >= 15 is 0 Å². The van der Waals surface area contributed by atoms with E-state index in [-0.39, 0.29) is 5.56 Å². The molecular weight excluding hydrogens is 270 g/mol. The highest BCUT2D eigenvalue weighted by molar-refractivity contribution is 5.66. The van der Waals surface area contributed by atoms with Gasteiger partial charge in [-0.25, -0.2) is 8.78 Å². The van der Waals surface area contributed by atoms with Gasteiger partial charge in [0.15, 0.2) is 0 Å². The highest BCUT2D eigenvalue weighted by Gasteiger charge is 2.13. The van der Waals surface area contributed by atoms with Crippen molar-refractivity contribution in [3.8, 4) is 0 Å². The van der Waals surface area contributed by atoms with Gasteiger partial charge in [0.05, 0.1) is 0 Å². The van der Waals surface area contributed by atoms with Gasteiger partial charge in [-0.15, -0.1) is 0 Å². The number of aryl methyl sites for hydroxylation is 1. The van der Waals surface area contributed by atoms with Crippen molar-refractivity contribution in [2.75, 3.05) is 11.1 Å². The number of anilines is 3. The summed E-state index contributed by atoms with van der Waals surface area (Å²) >= 11 is 0. The molecule has 2 aromatic carbocycles. The van der Waals surface area contributed by atoms with Gasteiger partial charge in [0.2, 0.25) is 0 Å². The first-order valence-corrected chi connectivity index (χ1v) is 7.13. The van der Waals surface area contributed by atoms with Gasteiger partial charge in [0, 0.05) is 22.6 Å². The zero-order valence-electron chi connectivity index (χ0n) is 12.1. The molecule has 2 aromatic rings. The molecule has 0 aliphatic rings. The fourth-order valence-corrected chi connectivity index (χ4v) is 2.17. The predicted molar refractivity (Wildman–Crippen MR) is 84.1 cm³/mol. The Bertz CT molecular complexity index is 580. The van der Waals surface area contributed by atoms with Crippen LogP contribution in [0.2, 0.25) is 0 Å². The quantitative estimate of drug-likeness (QED) is 0.709. The van der Waals surface area contributed by atoms with E-state index in [9.17, 15) is 8.78 Å². The molecule has 0 heterocycles. The van der Waals surface area contributed by atoms with Crippen molar-refractivity contribution >= 4 is 17.1 Å². The van der Waals surface area contributed by atoms with Gasteiger partial charge in [-0.2, -0.15) is 0 Å². The van der Waals surface area contributed by atoms with Crippen LogP contribution in [0.3, 0.4) is 0 Å². The third-order valence-corrected chi connectivity index (χ3v) is 3.36. The Hall–Kier alpha value is -2.10. The predicted octanol–water partition coefficient (Wildman–Crippen LogP) is 5.29. The summed E-state index contributed by atoms with van der Waals surface area (Å²) in [5.41, 5.74) is 8.26. The lowest BCUT2D eigenvalue weighted by Gasteiger charge is -2.13. The molecule has 0 saturated carbocycles. The number of halogens is 2. The first-order chi connectivity index (χ1) is 10.1. The van der Waals surface area contributed by atoms with Gasteiger partial charge >= 0.3 is 0 Å². The minimum absolute atomic E-state index is 0.0786. The first-order valence-electron chi connectivity index (χ1n) is 7.13. The minimum Gasteiger partial charge on any atom is -0.399 e. The Morgan fingerprint density at radius 1 is 1.10 bits per heavy atom. The molecule has 0 radical (unpaired) electrons. The van der Waals surface area contributed by atoms with E-state index in [0.717, 1.165) is 24.9 Å². The summed E-state index contributed by atoms with van der Waals surface area (Å²) in [6, 6.07) is 12.4. The van der Waals surface area contributed by atoms with Crippen molar-refractivity contribution in [2.24, 2.45) is 0 Å². The maximum atomic E-state index is 13.0. The van der Waals surface area contributed by atoms with Crippen LogP contribution in [0.5, 0.6) is 0 Å². The second-order valence-electron chi connectivity index (χ2n) is 5.07. The van der Waals surface area contributed by atoms with Crippen molar-refractivity contribution < 1.29 is 8.78 Å². The monoisotopic (exact) mass is 290 g/mol. The zero-order chi connectivity index (χ0) is 15.2. The highest BCUT2D eigenvalue weighted by Crippen LogP contribution is 2.31. The van der Waals surface area contributed by atoms with Crippen LogP contribution in [0, 0.1) is 0 Å². The van der Waals surface area contributed by atoms with E-state index in [4.69, 9.17) is 5.73 Å². The molecular formula is C17H20F2N2. The fourth-order valence-electron chi connectivity index (χ4n) is 2.17. The van der Waals surface area contributed by atoms with Crippen molar-refractivity contribution in [1.82, 2.24) is 0 Å². The summed E-state index contributed by atoms with van der Waals surface area (Å²) in [5.74, 6) is 0. The molecule has 112 valence electrons. The molecule has 0 bridgehead atoms. The van der Waals surface area contributed by atoms with Crippen LogP contribution in [-0.4, -0.2) is 0 Å². The summed E-state index contributed by atoms with van der Waals surface area (Å²) in [4.78, 5) is 0. The van der Waals surface area contributed by atoms with Crippen LogP contribution in [0.15, 0.2) is 42.5 Å². The fraction of sp³-hybridized carbons (Fsp3) is 0.294. The highest BCUT2D eigenvalue weighted by atomic mass is 19.3. The van der Waals surface area contributed by atoms with Crippen LogP contribution >= 0.6 is 0 Å². The summed E-state index contributed by atoms with van der Waals surface area (Å²) in [6.07, 6.45) is 0.796. The van der Waals surface area contributed by atoms with Gasteiger partial charge in [0.1, 0.15) is 0 Å². The number of nitrogen functional groups attached to an aromatic ring is 1. The second-order valence-corrected chi connectivity index (χ2v) is 5.07. The Labute approximate surface area is 124 Å². The first kappa shape index (κ1) is 15.3. The molecule has 2 nitrogen and oxygen atoms in total. The van der Waals surface area contributed by atoms with Gasteiger partial charge in [-0.1, -0.05) is 25.5 Å². The molecule has 2 rings (SSSR count). The topological polar surface area (TPSA) is 38.0 Å². The SMILES string of the molecule is CCCCc1ccc(Nc2ccc(N)cc2C(F)F)cc1. The van der Waals surface area contributed by atoms with E-state index in [1.54, 1.807) is 12.1 Å². The molecule has 3 N–H and O–H groups in total. The molecule has 0 fully saturated rings. The molecule has 21 heavy (non-hydrogen) atoms. The molecule has 0 aromatic heterocycles. The van der Waals surface area contributed by atoms with E-state index in [2.05, 4.69) is 12.2 Å². The third-order valence-electron chi connectivity index (χ3n) is 3.36. The largest absolute Gasteiger partial charge is 0.399 e. The van der Waals surface area contributed by atoms with Gasteiger partial charge < -0.3 is 11.1 Å². The number of unbranched alkanes of at least 4 members (excludes halogenated alkanes) is 1. The maximum absolute atomic E-state index is 13.0. The van der Waals surface area contributed by atoms with E-state index in [1.165, 1.54) is 11.6 Å². The summed E-state index contributed by atoms with van der Waals surface area (Å²) in [5, 5.41) is 3.03. The summed E-state index contributed by atoms with van der Waals surface area (Å²) in [7, 11) is 0. The molecule has 0 aliphatic carbocycles. The number of alkyl halides is 2. The van der Waals surface area contributed by atoms with Crippen LogP contribution in [-0.2, 0) is 6.42 Å². The lowest BCUT2D eigenvalue weighted by Crippen LogP contribution is -1.98. The van der Waals surface area contributed by atoms with Crippen LogP contribution < -0.4 is 11.1 Å². The van der Waals surface area contributed by atoms with Crippen LogP contribution in [0.25, 0.3) is 0 Å². The van der Waals surface area contributed by atoms with E-state index < -0.39 is 6.43 Å². The van der Waals surface area contributed by atoms with E-state index in [1.807, 2.05) is 24.3 Å². The number of hydrogen-bond acceptors (Lipinski definition) is 2. The van der Waals surface area contributed by atoms with Crippen molar-refractivity contribution in [1.29, 1.82) is 0 Å². The molecule has 0 atom stereocenters. The molecule has 0 saturated heterocycles. The molecule has 0 spiro atoms. The Morgan fingerprint density at radius 3 is 2.43 bits per heavy atom. The van der Waals surface area contributed by atoms with Crippen molar-refractivity contribution in [2.45, 2.75) is 32.6 Å². The molecule has 0 unspecified atom stereocenters. The van der Waals surface area contributed by atoms with Crippen molar-refractivity contribution in [3.63, 3.8) is 0 Å². The van der Waals surface area contributed by atoms with E-state index in [0.29, 0.717) is 11.4 Å². The Balaban J connectivity index is 2.14. The van der Waals surface area contributed by atoms with Crippen molar-refractivity contribution in [3.05, 3.63) is 53.6 Å². The number of rotatable bonds is 6. The Morgan fingerprint density at radius 2 is 1.81 bits per heavy atom. The average Bonchev–Trinajstić information content (AvgIpc) is 2.48. The number of nitrogens with one attached hydrogen (secondary N) is 1. The Kier molecular flexibility index (Phi) is 5.14. The number of benzene rings is 2. The van der Waals surface area contributed by atoms with Gasteiger partial charge in [-0.3, -0.25) is 0 Å². The number of hydrogen-bond donors (Lipinski definition) is 2. The zero-order valence-corrected chi connectivity index (χ0v) is 12.1. The number of nitrogens with two attached hydrogens (primary N) is 1. The summed E-state index contributed by atoms with van der Waals surface area (Å²) < 4.78 is 26.0. The van der Waals surface area contributed by atoms with Crippen LogP contribution in [0.1, 0.15) is 37.3 Å². The molecule has 0 amide bonds. The second kappa shape index (κ2) is 7.07. The lowest BCUT2D eigenvalue weighted by molar-refractivity contribution is 0.152. The minimum atomic E-state index is -2.56. The maximum Gasteiger partial charge on any atom is 0.265 e. The van der Waals surface area contributed by atoms with Crippen LogP contribution in [0.4, 0.5) is 25.8 Å².